The molecule has 4 bridgehead atoms. The van der Waals surface area contributed by atoms with Gasteiger partial charge in [-0.1, -0.05) is 37.4 Å². The standard InChI is InChI=1S/C45H45N5O11S/c1-7-55-43(52)60-36-22(4)37-38(59-20-58-37)31-29-18-57-42(51)45(41-25(13-14-47-45)24-11-9-10-12-26(24)48-41)19-62-40(32(31)36)34-33-30-23(16-27(49(33)5)28(17-46)50(29)34)15-21(3)35(54-6)39(30)61-44(53)56-8-2/h7-12,15,25,27-29,33-34,40-41,47-48H,1-2,13-14,16,18-20H2,3-6H3/t25?,27?,28-,29-,33?,34?,40+,41?,45+/m0/s1. The molecule has 0 aromatic heterocycles. The number of esters is 1. The van der Waals surface area contributed by atoms with Crippen LogP contribution in [-0.4, -0.2) is 97.6 Å². The zero-order valence-corrected chi connectivity index (χ0v) is 35.4. The largest absolute Gasteiger partial charge is 0.518 e. The van der Waals surface area contributed by atoms with Crippen LogP contribution in [-0.2, 0) is 25.4 Å². The Kier molecular flexibility index (Phi) is 9.82. The number of nitrogens with one attached hydrogen (secondary N) is 2. The third-order valence-corrected chi connectivity index (χ3v) is 15.2. The van der Waals surface area contributed by atoms with Crippen LogP contribution < -0.4 is 34.3 Å². The molecule has 8 aliphatic heterocycles. The quantitative estimate of drug-likeness (QED) is 0.128. The molecular weight excluding hydrogens is 819 g/mol. The maximum atomic E-state index is 15.0. The Labute approximate surface area is 362 Å². The molecule has 1 spiro atoms. The first-order valence-electron chi connectivity index (χ1n) is 20.5. The number of piperazine rings is 1. The first-order chi connectivity index (χ1) is 30.1. The van der Waals surface area contributed by atoms with Crippen LogP contribution >= 0.6 is 11.8 Å². The van der Waals surface area contributed by atoms with Crippen molar-refractivity contribution in [2.24, 2.45) is 0 Å². The van der Waals surface area contributed by atoms with Gasteiger partial charge < -0.3 is 43.2 Å². The van der Waals surface area contributed by atoms with Gasteiger partial charge in [-0.15, -0.1) is 11.8 Å². The number of hydrogen-bond acceptors (Lipinski definition) is 17. The van der Waals surface area contributed by atoms with E-state index in [1.54, 1.807) is 6.92 Å². The van der Waals surface area contributed by atoms with Crippen LogP contribution in [0.5, 0.6) is 28.7 Å². The second-order valence-corrected chi connectivity index (χ2v) is 17.6. The van der Waals surface area contributed by atoms with Crippen LogP contribution in [0.2, 0.25) is 0 Å². The number of nitrogens with zero attached hydrogens (tertiary/aromatic N) is 3. The summed E-state index contributed by atoms with van der Waals surface area (Å²) in [6.45, 7) is 11.0. The van der Waals surface area contributed by atoms with Gasteiger partial charge in [0.25, 0.3) is 0 Å². The molecular formula is C45H45N5O11S. The number of anilines is 1. The number of carbonyl (C=O) groups is 3. The van der Waals surface area contributed by atoms with Gasteiger partial charge in [0.05, 0.1) is 49.1 Å². The van der Waals surface area contributed by atoms with Crippen LogP contribution in [0.25, 0.3) is 0 Å². The lowest BCUT2D eigenvalue weighted by Gasteiger charge is -2.62. The molecule has 0 aliphatic carbocycles. The van der Waals surface area contributed by atoms with Gasteiger partial charge in [-0.2, -0.15) is 5.26 Å². The number of rotatable bonds is 5. The number of methoxy groups -OCH3 is 1. The van der Waals surface area contributed by atoms with Crippen LogP contribution in [0.3, 0.4) is 0 Å². The highest BCUT2D eigenvalue weighted by Gasteiger charge is 2.63. The van der Waals surface area contributed by atoms with Crippen LogP contribution in [0.1, 0.15) is 68.6 Å². The lowest BCUT2D eigenvalue weighted by atomic mass is 9.71. The number of nitriles is 1. The number of thioether (sulfide) groups is 1. The van der Waals surface area contributed by atoms with E-state index in [-0.39, 0.29) is 48.7 Å². The van der Waals surface area contributed by atoms with E-state index in [2.05, 4.69) is 45.7 Å². The number of fused-ring (bicyclic) bond motifs is 11. The molecule has 8 heterocycles. The number of benzene rings is 3. The molecule has 11 rings (SSSR count). The summed E-state index contributed by atoms with van der Waals surface area (Å²) in [5, 5.41) is 18.0. The van der Waals surface area contributed by atoms with Crippen LogP contribution in [0, 0.1) is 25.2 Å². The van der Waals surface area contributed by atoms with Crippen molar-refractivity contribution in [2.45, 2.75) is 79.6 Å². The van der Waals surface area contributed by atoms with Gasteiger partial charge in [0.15, 0.2) is 23.0 Å². The molecule has 322 valence electrons. The Morgan fingerprint density at radius 1 is 1.02 bits per heavy atom. The number of likely N-dealkylation sites (N-methyl/N-ethyl adjacent to an activating group) is 1. The van der Waals surface area contributed by atoms with E-state index in [9.17, 15) is 14.9 Å². The molecule has 3 aromatic rings. The molecule has 3 saturated heterocycles. The first-order valence-corrected chi connectivity index (χ1v) is 21.5. The van der Waals surface area contributed by atoms with E-state index < -0.39 is 53.2 Å². The van der Waals surface area contributed by atoms with Crippen molar-refractivity contribution >= 4 is 35.7 Å². The topological polar surface area (TPSA) is 179 Å². The van der Waals surface area contributed by atoms with Crippen molar-refractivity contribution in [3.63, 3.8) is 0 Å². The Morgan fingerprint density at radius 2 is 1.76 bits per heavy atom. The highest BCUT2D eigenvalue weighted by atomic mass is 32.2. The van der Waals surface area contributed by atoms with Gasteiger partial charge in [-0.3, -0.25) is 15.1 Å². The number of hydrogen-bond donors (Lipinski definition) is 2. The summed E-state index contributed by atoms with van der Waals surface area (Å²) >= 11 is 1.50. The van der Waals surface area contributed by atoms with E-state index in [1.165, 1.54) is 18.9 Å². The third kappa shape index (κ3) is 5.73. The number of ether oxygens (including phenoxy) is 8. The molecule has 0 saturated carbocycles. The van der Waals surface area contributed by atoms with Gasteiger partial charge in [0.1, 0.15) is 23.9 Å². The molecule has 3 aromatic carbocycles. The molecule has 3 fully saturated rings. The maximum absolute atomic E-state index is 15.0. The van der Waals surface area contributed by atoms with E-state index >= 15 is 4.79 Å². The van der Waals surface area contributed by atoms with E-state index in [0.717, 1.165) is 41.3 Å². The Balaban J connectivity index is 1.23. The average Bonchev–Trinajstić information content (AvgIpc) is 3.90. The summed E-state index contributed by atoms with van der Waals surface area (Å²) in [4.78, 5) is 45.9. The van der Waals surface area contributed by atoms with Gasteiger partial charge in [-0.25, -0.2) is 14.4 Å². The van der Waals surface area contributed by atoms with Gasteiger partial charge in [0, 0.05) is 51.7 Å². The zero-order chi connectivity index (χ0) is 43.2. The van der Waals surface area contributed by atoms with Gasteiger partial charge in [-0.05, 0) is 63.0 Å². The highest BCUT2D eigenvalue weighted by molar-refractivity contribution is 7.99. The molecule has 9 atom stereocenters. The maximum Gasteiger partial charge on any atom is 0.518 e. The summed E-state index contributed by atoms with van der Waals surface area (Å²) in [7, 11) is 3.48. The Bertz CT molecular complexity index is 2490. The molecule has 2 N–H and O–H groups in total. The lowest BCUT2D eigenvalue weighted by molar-refractivity contribution is -0.158. The summed E-state index contributed by atoms with van der Waals surface area (Å²) in [5.41, 5.74) is 4.86. The smallest absolute Gasteiger partial charge is 0.493 e. The summed E-state index contributed by atoms with van der Waals surface area (Å²) in [6.07, 6.45) is 1.20. The molecule has 0 amide bonds. The fourth-order valence-corrected chi connectivity index (χ4v) is 13.1. The predicted octanol–water partition coefficient (Wildman–Crippen LogP) is 6.23. The first kappa shape index (κ1) is 40.2. The van der Waals surface area contributed by atoms with Gasteiger partial charge in [0.2, 0.25) is 6.79 Å². The van der Waals surface area contributed by atoms with Crippen molar-refractivity contribution < 1.29 is 52.3 Å². The molecule has 5 unspecified atom stereocenters. The number of aryl methyl sites for hydroxylation is 1. The molecule has 0 radical (unpaired) electrons. The Morgan fingerprint density at radius 3 is 2.50 bits per heavy atom. The van der Waals surface area contributed by atoms with Crippen molar-refractivity contribution in [3.8, 4) is 34.8 Å². The van der Waals surface area contributed by atoms with Crippen LogP contribution in [0.15, 0.2) is 56.0 Å². The summed E-state index contributed by atoms with van der Waals surface area (Å²) < 4.78 is 47.3. The molecule has 8 aliphatic rings. The van der Waals surface area contributed by atoms with Crippen molar-refractivity contribution in [1.29, 1.82) is 5.26 Å². The van der Waals surface area contributed by atoms with Crippen molar-refractivity contribution in [3.05, 3.63) is 95.0 Å². The zero-order valence-electron chi connectivity index (χ0n) is 34.6. The monoisotopic (exact) mass is 863 g/mol. The van der Waals surface area contributed by atoms with E-state index in [0.29, 0.717) is 52.5 Å². The fourth-order valence-electron chi connectivity index (χ4n) is 11.4. The minimum atomic E-state index is -1.21. The van der Waals surface area contributed by atoms with Gasteiger partial charge >= 0.3 is 18.3 Å². The highest BCUT2D eigenvalue weighted by Crippen LogP contribution is 2.65. The lowest BCUT2D eigenvalue weighted by Crippen LogP contribution is -2.71. The second-order valence-electron chi connectivity index (χ2n) is 16.5. The average molecular weight is 864 g/mol. The number of carbonyl (C=O) groups excluding carboxylic acids is 3. The van der Waals surface area contributed by atoms with Crippen molar-refractivity contribution in [1.82, 2.24) is 15.1 Å². The van der Waals surface area contributed by atoms with Crippen molar-refractivity contribution in [2.75, 3.05) is 45.2 Å². The van der Waals surface area contributed by atoms with E-state index in [4.69, 9.17) is 37.9 Å². The second kappa shape index (κ2) is 15.2. The molecule has 16 nitrogen and oxygen atoms in total. The van der Waals surface area contributed by atoms with E-state index in [1.807, 2.05) is 38.2 Å². The summed E-state index contributed by atoms with van der Waals surface area (Å²) in [6, 6.07) is 9.28. The molecule has 62 heavy (non-hydrogen) atoms. The van der Waals surface area contributed by atoms with Crippen LogP contribution in [0.4, 0.5) is 15.3 Å². The number of para-hydroxylation sites is 1. The Hall–Kier alpha value is -5.93. The normalized spacial score (nSPS) is 29.8. The fraction of sp³-hybridized carbons (Fsp3) is 0.422. The molecule has 17 heteroatoms. The number of piperidine rings is 1. The minimum absolute atomic E-state index is 0.0219. The SMILES string of the molecule is C=COC(=O)Oc1c(OC)c(C)cc2c1C1C3[C@@H]4SC[C@]5(NCCC6c7ccccc7NC65)C(=O)OC[C@@H](c5c6c(c(C)c(OC(=O)OC=C)c54)OCO6)N3[C@@H](C#N)C(C2)N1C. The predicted molar refractivity (Wildman–Crippen MR) is 224 cm³/mol. The summed E-state index contributed by atoms with van der Waals surface area (Å²) in [5.74, 6) is 1.31. The minimum Gasteiger partial charge on any atom is -0.493 e. The third-order valence-electron chi connectivity index (χ3n) is 13.7.